The molecular weight excluding hydrogens is 250 g/mol. The van der Waals surface area contributed by atoms with Crippen LogP contribution in [0.5, 0.6) is 0 Å². The molecule has 0 spiro atoms. The van der Waals surface area contributed by atoms with E-state index in [2.05, 4.69) is 10.3 Å². The number of benzene rings is 1. The van der Waals surface area contributed by atoms with Gasteiger partial charge < -0.3 is 11.1 Å². The first-order chi connectivity index (χ1) is 9.83. The summed E-state index contributed by atoms with van der Waals surface area (Å²) in [6.07, 6.45) is 5.21. The van der Waals surface area contributed by atoms with Gasteiger partial charge in [-0.25, -0.2) is 4.79 Å². The highest BCUT2D eigenvalue weighted by atomic mass is 16.1. The Morgan fingerprint density at radius 2 is 1.95 bits per heavy atom. The van der Waals surface area contributed by atoms with E-state index >= 15 is 0 Å². The monoisotopic (exact) mass is 263 g/mol. The second kappa shape index (κ2) is 5.13. The van der Waals surface area contributed by atoms with Gasteiger partial charge in [-0.2, -0.15) is 0 Å². The molecule has 1 aliphatic rings. The Hall–Kier alpha value is -2.68. The summed E-state index contributed by atoms with van der Waals surface area (Å²) in [5, 5.41) is 2.97. The van der Waals surface area contributed by atoms with Gasteiger partial charge in [0.2, 0.25) is 0 Å². The summed E-state index contributed by atoms with van der Waals surface area (Å²) in [4.78, 5) is 15.0. The molecule has 1 aromatic carbocycles. The van der Waals surface area contributed by atoms with Crippen LogP contribution in [0.4, 0.5) is 0 Å². The third kappa shape index (κ3) is 2.03. The minimum absolute atomic E-state index is 0.412. The Kier molecular flexibility index (Phi) is 3.17. The minimum Gasteiger partial charge on any atom is -0.352 e. The van der Waals surface area contributed by atoms with E-state index in [1.54, 1.807) is 12.4 Å². The van der Waals surface area contributed by atoms with Crippen LogP contribution in [0.15, 0.2) is 48.9 Å². The Morgan fingerprint density at radius 3 is 2.65 bits per heavy atom. The molecule has 0 aliphatic carbocycles. The first-order valence-electron chi connectivity index (χ1n) is 6.29. The molecule has 0 saturated carbocycles. The van der Waals surface area contributed by atoms with Crippen molar-refractivity contribution in [3.63, 3.8) is 0 Å². The molecule has 0 amide bonds. The third-order valence-corrected chi connectivity index (χ3v) is 3.34. The molecule has 4 nitrogen and oxygen atoms in total. The third-order valence-electron chi connectivity index (χ3n) is 3.34. The molecule has 3 N–H and O–H groups in total. The van der Waals surface area contributed by atoms with Crippen molar-refractivity contribution in [3.05, 3.63) is 71.2 Å². The van der Waals surface area contributed by atoms with Gasteiger partial charge in [0.05, 0.1) is 0 Å². The van der Waals surface area contributed by atoms with Crippen molar-refractivity contribution in [2.45, 2.75) is 6.54 Å². The SMILES string of the molecule is NCc1ccc(C2=CNC(=C=O)c3cnccc32)cc1. The average molecular weight is 263 g/mol. The van der Waals surface area contributed by atoms with Gasteiger partial charge in [0, 0.05) is 36.3 Å². The largest absolute Gasteiger partial charge is 0.352 e. The molecule has 0 bridgehead atoms. The zero-order valence-corrected chi connectivity index (χ0v) is 10.8. The first kappa shape index (κ1) is 12.4. The Morgan fingerprint density at radius 1 is 1.15 bits per heavy atom. The molecule has 2 aromatic rings. The molecule has 1 aromatic heterocycles. The molecule has 20 heavy (non-hydrogen) atoms. The van der Waals surface area contributed by atoms with Gasteiger partial charge in [0.15, 0.2) is 5.94 Å². The fourth-order valence-electron chi connectivity index (χ4n) is 2.27. The number of nitrogens with two attached hydrogens (primary N) is 1. The lowest BCUT2D eigenvalue weighted by Gasteiger charge is -2.19. The second-order valence-corrected chi connectivity index (χ2v) is 4.50. The van der Waals surface area contributed by atoms with Crippen LogP contribution in [-0.2, 0) is 11.3 Å². The molecule has 0 unspecified atom stereocenters. The van der Waals surface area contributed by atoms with Crippen molar-refractivity contribution in [1.82, 2.24) is 10.3 Å². The number of pyridine rings is 1. The normalized spacial score (nSPS) is 13.1. The average Bonchev–Trinajstić information content (AvgIpc) is 2.54. The second-order valence-electron chi connectivity index (χ2n) is 4.50. The van der Waals surface area contributed by atoms with Crippen LogP contribution in [0.2, 0.25) is 0 Å². The van der Waals surface area contributed by atoms with Crippen molar-refractivity contribution in [3.8, 4) is 0 Å². The topological polar surface area (TPSA) is 68.0 Å². The van der Waals surface area contributed by atoms with E-state index in [0.29, 0.717) is 12.2 Å². The highest BCUT2D eigenvalue weighted by molar-refractivity contribution is 5.97. The summed E-state index contributed by atoms with van der Waals surface area (Å²) >= 11 is 0. The van der Waals surface area contributed by atoms with Crippen LogP contribution in [0.25, 0.3) is 11.3 Å². The van der Waals surface area contributed by atoms with E-state index in [9.17, 15) is 4.79 Å². The standard InChI is InChI=1S/C16H13N3O/c17-7-11-1-3-12(4-2-11)14-9-19-16(10-20)15-8-18-6-5-13(14)15/h1-6,8-9,19H,7,17H2. The summed E-state index contributed by atoms with van der Waals surface area (Å²) in [5.41, 5.74) is 10.9. The van der Waals surface area contributed by atoms with E-state index in [1.807, 2.05) is 42.5 Å². The number of nitrogens with one attached hydrogen (secondary N) is 1. The number of nitrogens with zero attached hydrogens (tertiary/aromatic N) is 1. The van der Waals surface area contributed by atoms with Crippen LogP contribution >= 0.6 is 0 Å². The number of rotatable bonds is 2. The molecule has 0 saturated heterocycles. The summed E-state index contributed by atoms with van der Waals surface area (Å²) in [6.45, 7) is 0.524. The highest BCUT2D eigenvalue weighted by Gasteiger charge is 2.18. The predicted molar refractivity (Wildman–Crippen MR) is 77.9 cm³/mol. The lowest BCUT2D eigenvalue weighted by atomic mass is 9.92. The molecule has 2 heterocycles. The van der Waals surface area contributed by atoms with E-state index < -0.39 is 0 Å². The molecule has 3 rings (SSSR count). The summed E-state index contributed by atoms with van der Waals surface area (Å²) in [7, 11) is 0. The number of hydrogen-bond donors (Lipinski definition) is 2. The van der Waals surface area contributed by atoms with Gasteiger partial charge in [0.1, 0.15) is 5.70 Å². The molecule has 0 radical (unpaired) electrons. The van der Waals surface area contributed by atoms with Crippen molar-refractivity contribution in [2.24, 2.45) is 5.73 Å². The number of hydrogen-bond acceptors (Lipinski definition) is 4. The van der Waals surface area contributed by atoms with Crippen LogP contribution in [0, 0.1) is 0 Å². The van der Waals surface area contributed by atoms with E-state index in [4.69, 9.17) is 5.73 Å². The maximum absolute atomic E-state index is 11.0. The number of aromatic nitrogens is 1. The molecular formula is C16H13N3O. The molecule has 98 valence electrons. The minimum atomic E-state index is 0.412. The zero-order chi connectivity index (χ0) is 13.9. The maximum atomic E-state index is 11.0. The van der Waals surface area contributed by atoms with Gasteiger partial charge in [-0.1, -0.05) is 24.3 Å². The molecule has 1 aliphatic heterocycles. The zero-order valence-electron chi connectivity index (χ0n) is 10.8. The van der Waals surface area contributed by atoms with Crippen LogP contribution in [0.3, 0.4) is 0 Å². The van der Waals surface area contributed by atoms with Gasteiger partial charge in [-0.15, -0.1) is 0 Å². The number of fused-ring (bicyclic) bond motifs is 1. The van der Waals surface area contributed by atoms with Crippen LogP contribution in [0.1, 0.15) is 22.3 Å². The van der Waals surface area contributed by atoms with E-state index in [1.165, 1.54) is 0 Å². The summed E-state index contributed by atoms with van der Waals surface area (Å²) in [6, 6.07) is 9.95. The number of carbonyl (C=O) groups excluding carboxylic acids is 1. The summed E-state index contributed by atoms with van der Waals surface area (Å²) in [5.74, 6) is 1.90. The lowest BCUT2D eigenvalue weighted by molar-refractivity contribution is 0.569. The summed E-state index contributed by atoms with van der Waals surface area (Å²) < 4.78 is 0. The van der Waals surface area contributed by atoms with Crippen molar-refractivity contribution < 1.29 is 4.79 Å². The van der Waals surface area contributed by atoms with Crippen molar-refractivity contribution in [1.29, 1.82) is 0 Å². The Balaban J connectivity index is 2.11. The van der Waals surface area contributed by atoms with Gasteiger partial charge in [0.25, 0.3) is 0 Å². The van der Waals surface area contributed by atoms with Crippen LogP contribution in [-0.4, -0.2) is 10.9 Å². The van der Waals surface area contributed by atoms with Gasteiger partial charge >= 0.3 is 0 Å². The Labute approximate surface area is 116 Å². The fraction of sp³-hybridized carbons (Fsp3) is 0.0625. The maximum Gasteiger partial charge on any atom is 0.151 e. The van der Waals surface area contributed by atoms with E-state index in [0.717, 1.165) is 27.8 Å². The fourth-order valence-corrected chi connectivity index (χ4v) is 2.27. The molecule has 4 heteroatoms. The highest BCUT2D eigenvalue weighted by Crippen LogP contribution is 2.31. The molecule has 0 fully saturated rings. The lowest BCUT2D eigenvalue weighted by Crippen LogP contribution is -2.14. The van der Waals surface area contributed by atoms with Crippen molar-refractivity contribution >= 4 is 17.2 Å². The van der Waals surface area contributed by atoms with Gasteiger partial charge in [-0.3, -0.25) is 4.98 Å². The molecule has 0 atom stereocenters. The smallest absolute Gasteiger partial charge is 0.151 e. The van der Waals surface area contributed by atoms with Gasteiger partial charge in [-0.05, 0) is 22.8 Å². The first-order valence-corrected chi connectivity index (χ1v) is 6.29. The predicted octanol–water partition coefficient (Wildman–Crippen LogP) is 1.71. The van der Waals surface area contributed by atoms with Crippen LogP contribution < -0.4 is 11.1 Å². The van der Waals surface area contributed by atoms with E-state index in [-0.39, 0.29) is 0 Å². The Bertz CT molecular complexity index is 726. The quantitative estimate of drug-likeness (QED) is 0.809. The van der Waals surface area contributed by atoms with Crippen molar-refractivity contribution in [2.75, 3.05) is 0 Å².